The van der Waals surface area contributed by atoms with Gasteiger partial charge in [0.05, 0.1) is 11.4 Å². The van der Waals surface area contributed by atoms with Crippen LogP contribution in [-0.4, -0.2) is 31.9 Å². The molecule has 30 heavy (non-hydrogen) atoms. The summed E-state index contributed by atoms with van der Waals surface area (Å²) in [5.74, 6) is 0.229. The molecule has 0 saturated heterocycles. The molecule has 0 aliphatic rings. The van der Waals surface area contributed by atoms with Gasteiger partial charge in [-0.25, -0.2) is 0 Å². The lowest BCUT2D eigenvalue weighted by Gasteiger charge is -2.15. The van der Waals surface area contributed by atoms with Crippen LogP contribution in [0, 0.1) is 0 Å². The van der Waals surface area contributed by atoms with E-state index in [9.17, 15) is 4.79 Å². The number of rotatable bonds is 6. The number of hydrogen-bond acceptors (Lipinski definition) is 5. The summed E-state index contributed by atoms with van der Waals surface area (Å²) in [4.78, 5) is 12.5. The number of hydrogen-bond donors (Lipinski definition) is 2. The predicted octanol–water partition coefficient (Wildman–Crippen LogP) is 3.98. The van der Waals surface area contributed by atoms with E-state index in [-0.39, 0.29) is 5.91 Å². The first kappa shape index (κ1) is 19.3. The topological polar surface area (TPSA) is 84.7 Å². The second-order valence-corrected chi connectivity index (χ2v) is 6.94. The monoisotopic (exact) mass is 398 g/mol. The van der Waals surface area contributed by atoms with Gasteiger partial charge in [-0.1, -0.05) is 42.5 Å². The van der Waals surface area contributed by atoms with Crippen LogP contribution in [0.15, 0.2) is 79.0 Å². The maximum atomic E-state index is 12.5. The molecular formula is C23H22N6O. The van der Waals surface area contributed by atoms with Gasteiger partial charge in [-0.2, -0.15) is 5.10 Å². The third-order valence-electron chi connectivity index (χ3n) is 4.76. The number of benzene rings is 2. The molecule has 0 radical (unpaired) electrons. The molecule has 2 aromatic carbocycles. The Labute approximate surface area is 174 Å². The lowest BCUT2D eigenvalue weighted by Crippen LogP contribution is -2.32. The SMILES string of the molecule is CC(Nc1ccc(-c2ccnn2C)cc1)C(=O)Nc1ccc(-c2ccccc2)nn1. The quantitative estimate of drug-likeness (QED) is 0.513. The molecule has 2 aromatic heterocycles. The summed E-state index contributed by atoms with van der Waals surface area (Å²) in [5, 5.41) is 18.5. The van der Waals surface area contributed by atoms with Gasteiger partial charge in [0.1, 0.15) is 6.04 Å². The normalized spacial score (nSPS) is 11.7. The van der Waals surface area contributed by atoms with E-state index in [2.05, 4.69) is 25.9 Å². The molecule has 1 amide bonds. The summed E-state index contributed by atoms with van der Waals surface area (Å²) >= 11 is 0. The molecule has 0 fully saturated rings. The Morgan fingerprint density at radius 2 is 1.67 bits per heavy atom. The predicted molar refractivity (Wildman–Crippen MR) is 118 cm³/mol. The molecule has 0 aliphatic carbocycles. The molecule has 2 N–H and O–H groups in total. The summed E-state index contributed by atoms with van der Waals surface area (Å²) in [6, 6.07) is 22.8. The molecule has 0 aliphatic heterocycles. The van der Waals surface area contributed by atoms with Crippen molar-refractivity contribution < 1.29 is 4.79 Å². The number of aromatic nitrogens is 4. The van der Waals surface area contributed by atoms with Gasteiger partial charge in [0.15, 0.2) is 5.82 Å². The number of carbonyl (C=O) groups excluding carboxylic acids is 1. The maximum absolute atomic E-state index is 12.5. The minimum atomic E-state index is -0.442. The van der Waals surface area contributed by atoms with E-state index in [0.717, 1.165) is 28.2 Å². The zero-order chi connectivity index (χ0) is 20.9. The molecule has 4 rings (SSSR count). The van der Waals surface area contributed by atoms with Crippen LogP contribution >= 0.6 is 0 Å². The van der Waals surface area contributed by atoms with Gasteiger partial charge in [-0.05, 0) is 42.8 Å². The Morgan fingerprint density at radius 1 is 0.900 bits per heavy atom. The van der Waals surface area contributed by atoms with E-state index in [1.54, 1.807) is 19.2 Å². The number of anilines is 2. The molecule has 0 bridgehead atoms. The van der Waals surface area contributed by atoms with Crippen LogP contribution < -0.4 is 10.6 Å². The third-order valence-corrected chi connectivity index (χ3v) is 4.76. The molecule has 1 atom stereocenters. The van der Waals surface area contributed by atoms with Gasteiger partial charge in [-0.15, -0.1) is 10.2 Å². The molecule has 0 spiro atoms. The average molecular weight is 398 g/mol. The van der Waals surface area contributed by atoms with Gasteiger partial charge in [0.25, 0.3) is 0 Å². The highest BCUT2D eigenvalue weighted by Gasteiger charge is 2.14. The van der Waals surface area contributed by atoms with Crippen molar-refractivity contribution in [2.45, 2.75) is 13.0 Å². The first-order chi connectivity index (χ1) is 14.6. The number of amides is 1. The molecule has 150 valence electrons. The van der Waals surface area contributed by atoms with Crippen molar-refractivity contribution in [2.75, 3.05) is 10.6 Å². The van der Waals surface area contributed by atoms with E-state index in [1.165, 1.54) is 0 Å². The Kier molecular flexibility index (Phi) is 5.52. The largest absolute Gasteiger partial charge is 0.374 e. The minimum Gasteiger partial charge on any atom is -0.374 e. The summed E-state index contributed by atoms with van der Waals surface area (Å²) in [6.07, 6.45) is 1.77. The Hall–Kier alpha value is -4.00. The van der Waals surface area contributed by atoms with Crippen LogP contribution in [0.1, 0.15) is 6.92 Å². The van der Waals surface area contributed by atoms with E-state index >= 15 is 0 Å². The smallest absolute Gasteiger partial charge is 0.247 e. The maximum Gasteiger partial charge on any atom is 0.247 e. The molecule has 4 aromatic rings. The highest BCUT2D eigenvalue weighted by Crippen LogP contribution is 2.21. The summed E-state index contributed by atoms with van der Waals surface area (Å²) in [7, 11) is 1.91. The number of nitrogens with one attached hydrogen (secondary N) is 2. The summed E-state index contributed by atoms with van der Waals surface area (Å²) in [6.45, 7) is 1.80. The van der Waals surface area contributed by atoms with E-state index in [1.807, 2.05) is 78.5 Å². The zero-order valence-electron chi connectivity index (χ0n) is 16.8. The number of nitrogens with zero attached hydrogens (tertiary/aromatic N) is 4. The van der Waals surface area contributed by atoms with E-state index < -0.39 is 6.04 Å². The van der Waals surface area contributed by atoms with Crippen molar-refractivity contribution in [1.29, 1.82) is 0 Å². The van der Waals surface area contributed by atoms with Gasteiger partial charge in [-0.3, -0.25) is 9.48 Å². The van der Waals surface area contributed by atoms with Gasteiger partial charge in [0, 0.05) is 24.5 Å². The molecule has 1 unspecified atom stereocenters. The average Bonchev–Trinajstić information content (AvgIpc) is 3.21. The molecule has 0 saturated carbocycles. The van der Waals surface area contributed by atoms with Crippen LogP contribution in [0.25, 0.3) is 22.5 Å². The van der Waals surface area contributed by atoms with Crippen molar-refractivity contribution in [3.05, 3.63) is 79.0 Å². The summed E-state index contributed by atoms with van der Waals surface area (Å²) in [5.41, 5.74) is 4.69. The summed E-state index contributed by atoms with van der Waals surface area (Å²) < 4.78 is 1.82. The number of aryl methyl sites for hydroxylation is 1. The fourth-order valence-electron chi connectivity index (χ4n) is 3.11. The Balaban J connectivity index is 1.36. The second kappa shape index (κ2) is 8.57. The van der Waals surface area contributed by atoms with Crippen molar-refractivity contribution >= 4 is 17.4 Å². The lowest BCUT2D eigenvalue weighted by atomic mass is 10.1. The van der Waals surface area contributed by atoms with E-state index in [0.29, 0.717) is 5.82 Å². The minimum absolute atomic E-state index is 0.188. The van der Waals surface area contributed by atoms with Crippen molar-refractivity contribution in [2.24, 2.45) is 7.05 Å². The van der Waals surface area contributed by atoms with Crippen LogP contribution in [0.4, 0.5) is 11.5 Å². The zero-order valence-corrected chi connectivity index (χ0v) is 16.8. The Morgan fingerprint density at radius 3 is 2.30 bits per heavy atom. The molecule has 7 heteroatoms. The fourth-order valence-corrected chi connectivity index (χ4v) is 3.11. The molecule has 7 nitrogen and oxygen atoms in total. The first-order valence-electron chi connectivity index (χ1n) is 9.65. The highest BCUT2D eigenvalue weighted by atomic mass is 16.2. The second-order valence-electron chi connectivity index (χ2n) is 6.94. The van der Waals surface area contributed by atoms with Gasteiger partial charge < -0.3 is 10.6 Å². The first-order valence-corrected chi connectivity index (χ1v) is 9.65. The van der Waals surface area contributed by atoms with Crippen LogP contribution in [0.3, 0.4) is 0 Å². The molecule has 2 heterocycles. The fraction of sp³-hybridized carbons (Fsp3) is 0.130. The van der Waals surface area contributed by atoms with Crippen LogP contribution in [0.2, 0.25) is 0 Å². The van der Waals surface area contributed by atoms with Gasteiger partial charge >= 0.3 is 0 Å². The van der Waals surface area contributed by atoms with Gasteiger partial charge in [0.2, 0.25) is 5.91 Å². The van der Waals surface area contributed by atoms with E-state index in [4.69, 9.17) is 0 Å². The van der Waals surface area contributed by atoms with Crippen molar-refractivity contribution in [1.82, 2.24) is 20.0 Å². The highest BCUT2D eigenvalue weighted by molar-refractivity contribution is 5.95. The third kappa shape index (κ3) is 4.35. The number of carbonyl (C=O) groups is 1. The lowest BCUT2D eigenvalue weighted by molar-refractivity contribution is -0.116. The van der Waals surface area contributed by atoms with Crippen molar-refractivity contribution in [3.63, 3.8) is 0 Å². The van der Waals surface area contributed by atoms with Crippen molar-refractivity contribution in [3.8, 4) is 22.5 Å². The van der Waals surface area contributed by atoms with Crippen LogP contribution in [-0.2, 0) is 11.8 Å². The molecular weight excluding hydrogens is 376 g/mol. The van der Waals surface area contributed by atoms with Crippen LogP contribution in [0.5, 0.6) is 0 Å². The Bertz CT molecular complexity index is 1120. The standard InChI is InChI=1S/C23H22N6O/c1-16(25-19-10-8-18(9-11-19)21-14-15-24-29(21)2)23(30)26-22-13-12-20(27-28-22)17-6-4-3-5-7-17/h3-16,25H,1-2H3,(H,26,28,30).